The van der Waals surface area contributed by atoms with Gasteiger partial charge in [0.05, 0.1) is 11.8 Å². The van der Waals surface area contributed by atoms with Gasteiger partial charge in [-0.05, 0) is 18.6 Å². The second kappa shape index (κ2) is 3.84. The molecule has 1 heterocycles. The molecular weight excluding hydrogens is 226 g/mol. The first-order valence-electron chi connectivity index (χ1n) is 5.11. The van der Waals surface area contributed by atoms with Gasteiger partial charge in [0.25, 0.3) is 5.92 Å². The standard InChI is InChI=1S/C12H12F2N2O/c1-8-4-3-5-10(17)11(8)16-7-9(6-15-16)12(2,13)14/h3-7,17H,1-2H3. The van der Waals surface area contributed by atoms with Crippen molar-refractivity contribution < 1.29 is 13.9 Å². The molecule has 0 saturated carbocycles. The monoisotopic (exact) mass is 238 g/mol. The van der Waals surface area contributed by atoms with Crippen molar-refractivity contribution >= 4 is 0 Å². The number of phenols is 1. The number of halogens is 2. The Labute approximate surface area is 97.3 Å². The summed E-state index contributed by atoms with van der Waals surface area (Å²) >= 11 is 0. The van der Waals surface area contributed by atoms with Gasteiger partial charge in [0.15, 0.2) is 0 Å². The Balaban J connectivity index is 2.51. The topological polar surface area (TPSA) is 38.0 Å². The molecular formula is C12H12F2N2O. The van der Waals surface area contributed by atoms with Gasteiger partial charge in [-0.15, -0.1) is 0 Å². The number of alkyl halides is 2. The molecule has 0 bridgehead atoms. The minimum absolute atomic E-state index is 0.0130. The van der Waals surface area contributed by atoms with E-state index in [0.29, 0.717) is 5.69 Å². The van der Waals surface area contributed by atoms with E-state index in [9.17, 15) is 13.9 Å². The Bertz CT molecular complexity index is 523. The van der Waals surface area contributed by atoms with Crippen molar-refractivity contribution in [3.05, 3.63) is 41.7 Å². The SMILES string of the molecule is Cc1cccc(O)c1-n1cc(C(C)(F)F)cn1. The van der Waals surface area contributed by atoms with Crippen LogP contribution in [-0.4, -0.2) is 14.9 Å². The molecule has 0 saturated heterocycles. The zero-order valence-corrected chi connectivity index (χ0v) is 9.48. The fourth-order valence-electron chi connectivity index (χ4n) is 1.61. The molecule has 2 rings (SSSR count). The van der Waals surface area contributed by atoms with Crippen molar-refractivity contribution in [2.75, 3.05) is 0 Å². The minimum Gasteiger partial charge on any atom is -0.506 e. The third kappa shape index (κ3) is 2.13. The predicted molar refractivity (Wildman–Crippen MR) is 59.5 cm³/mol. The Morgan fingerprint density at radius 3 is 2.59 bits per heavy atom. The summed E-state index contributed by atoms with van der Waals surface area (Å²) in [6, 6.07) is 4.96. The highest BCUT2D eigenvalue weighted by molar-refractivity contribution is 5.51. The number of aromatic hydroxyl groups is 1. The van der Waals surface area contributed by atoms with Crippen LogP contribution >= 0.6 is 0 Å². The van der Waals surface area contributed by atoms with Crippen molar-refractivity contribution in [2.45, 2.75) is 19.8 Å². The van der Waals surface area contributed by atoms with E-state index in [1.807, 2.05) is 0 Å². The Morgan fingerprint density at radius 2 is 2.06 bits per heavy atom. The minimum atomic E-state index is -2.93. The Kier molecular flexibility index (Phi) is 2.61. The number of aryl methyl sites for hydroxylation is 1. The Hall–Kier alpha value is -1.91. The first-order valence-corrected chi connectivity index (χ1v) is 5.11. The molecule has 0 spiro atoms. The second-order valence-corrected chi connectivity index (χ2v) is 4.00. The highest BCUT2D eigenvalue weighted by Crippen LogP contribution is 2.29. The highest BCUT2D eigenvalue weighted by Gasteiger charge is 2.26. The summed E-state index contributed by atoms with van der Waals surface area (Å²) in [5.41, 5.74) is 1.00. The van der Waals surface area contributed by atoms with Crippen LogP contribution in [0.15, 0.2) is 30.6 Å². The number of nitrogens with zero attached hydrogens (tertiary/aromatic N) is 2. The first kappa shape index (κ1) is 11.6. The fourth-order valence-corrected chi connectivity index (χ4v) is 1.61. The first-order chi connectivity index (χ1) is 7.89. The maximum Gasteiger partial charge on any atom is 0.273 e. The van der Waals surface area contributed by atoms with Crippen molar-refractivity contribution in [3.8, 4) is 11.4 Å². The second-order valence-electron chi connectivity index (χ2n) is 4.00. The molecule has 0 atom stereocenters. The normalized spacial score (nSPS) is 11.8. The average molecular weight is 238 g/mol. The van der Waals surface area contributed by atoms with Crippen molar-refractivity contribution in [2.24, 2.45) is 0 Å². The van der Waals surface area contributed by atoms with Gasteiger partial charge < -0.3 is 5.11 Å². The van der Waals surface area contributed by atoms with Crippen LogP contribution in [0, 0.1) is 6.92 Å². The molecule has 2 aromatic rings. The highest BCUT2D eigenvalue weighted by atomic mass is 19.3. The number of phenolic OH excluding ortho intramolecular Hbond substituents is 1. The van der Waals surface area contributed by atoms with E-state index < -0.39 is 5.92 Å². The summed E-state index contributed by atoms with van der Waals surface area (Å²) in [7, 11) is 0. The molecule has 0 amide bonds. The molecule has 0 radical (unpaired) electrons. The van der Waals surface area contributed by atoms with E-state index in [4.69, 9.17) is 0 Å². The van der Waals surface area contributed by atoms with Gasteiger partial charge in [0, 0.05) is 13.1 Å². The van der Waals surface area contributed by atoms with E-state index in [0.717, 1.165) is 18.7 Å². The molecule has 5 heteroatoms. The van der Waals surface area contributed by atoms with Gasteiger partial charge in [0.2, 0.25) is 0 Å². The summed E-state index contributed by atoms with van der Waals surface area (Å²) < 4.78 is 27.4. The van der Waals surface area contributed by atoms with E-state index in [-0.39, 0.29) is 11.3 Å². The molecule has 1 aromatic heterocycles. The van der Waals surface area contributed by atoms with Crippen LogP contribution in [0.1, 0.15) is 18.1 Å². The van der Waals surface area contributed by atoms with E-state index >= 15 is 0 Å². The lowest BCUT2D eigenvalue weighted by atomic mass is 10.2. The molecule has 0 unspecified atom stereocenters. The van der Waals surface area contributed by atoms with Gasteiger partial charge in [0.1, 0.15) is 11.4 Å². The molecule has 0 aliphatic carbocycles. The molecule has 17 heavy (non-hydrogen) atoms. The van der Waals surface area contributed by atoms with Gasteiger partial charge in [-0.1, -0.05) is 12.1 Å². The summed E-state index contributed by atoms with van der Waals surface area (Å²) in [6.45, 7) is 2.59. The molecule has 1 N–H and O–H groups in total. The van der Waals surface area contributed by atoms with Crippen LogP contribution in [0.5, 0.6) is 5.75 Å². The summed E-state index contributed by atoms with van der Waals surface area (Å²) in [5, 5.41) is 13.6. The molecule has 0 aliphatic heterocycles. The molecule has 90 valence electrons. The van der Waals surface area contributed by atoms with Crippen LogP contribution in [0.3, 0.4) is 0 Å². The fraction of sp³-hybridized carbons (Fsp3) is 0.250. The summed E-state index contributed by atoms with van der Waals surface area (Å²) in [5.74, 6) is -2.92. The predicted octanol–water partition coefficient (Wildman–Crippen LogP) is 3.00. The van der Waals surface area contributed by atoms with Gasteiger partial charge >= 0.3 is 0 Å². The van der Waals surface area contributed by atoms with E-state index in [1.165, 1.54) is 16.9 Å². The summed E-state index contributed by atoms with van der Waals surface area (Å²) in [6.07, 6.45) is 2.33. The van der Waals surface area contributed by atoms with Crippen molar-refractivity contribution in [1.82, 2.24) is 9.78 Å². The maximum absolute atomic E-state index is 13.1. The van der Waals surface area contributed by atoms with Crippen LogP contribution in [-0.2, 0) is 5.92 Å². The van der Waals surface area contributed by atoms with Crippen LogP contribution < -0.4 is 0 Å². The molecule has 3 nitrogen and oxygen atoms in total. The largest absolute Gasteiger partial charge is 0.506 e. The number of para-hydroxylation sites is 1. The zero-order chi connectivity index (χ0) is 12.6. The van der Waals surface area contributed by atoms with Crippen LogP contribution in [0.4, 0.5) is 8.78 Å². The van der Waals surface area contributed by atoms with Gasteiger partial charge in [-0.2, -0.15) is 5.10 Å². The van der Waals surface area contributed by atoms with E-state index in [1.54, 1.807) is 19.1 Å². The number of aromatic nitrogens is 2. The summed E-state index contributed by atoms with van der Waals surface area (Å²) in [4.78, 5) is 0. The zero-order valence-electron chi connectivity index (χ0n) is 9.48. The number of rotatable bonds is 2. The van der Waals surface area contributed by atoms with Crippen molar-refractivity contribution in [1.29, 1.82) is 0 Å². The molecule has 0 aliphatic rings. The van der Waals surface area contributed by atoms with Gasteiger partial charge in [-0.3, -0.25) is 0 Å². The average Bonchev–Trinajstić information content (AvgIpc) is 2.65. The lowest BCUT2D eigenvalue weighted by Gasteiger charge is -2.08. The third-order valence-electron chi connectivity index (χ3n) is 2.54. The number of hydrogen-bond acceptors (Lipinski definition) is 2. The van der Waals surface area contributed by atoms with E-state index in [2.05, 4.69) is 5.10 Å². The smallest absolute Gasteiger partial charge is 0.273 e. The number of benzene rings is 1. The quantitative estimate of drug-likeness (QED) is 0.873. The maximum atomic E-state index is 13.1. The molecule has 1 aromatic carbocycles. The lowest BCUT2D eigenvalue weighted by Crippen LogP contribution is -2.05. The third-order valence-corrected chi connectivity index (χ3v) is 2.54. The van der Waals surface area contributed by atoms with Crippen molar-refractivity contribution in [3.63, 3.8) is 0 Å². The van der Waals surface area contributed by atoms with Crippen LogP contribution in [0.25, 0.3) is 5.69 Å². The number of hydrogen-bond donors (Lipinski definition) is 1. The molecule has 0 fully saturated rings. The Morgan fingerprint density at radius 1 is 1.35 bits per heavy atom. The van der Waals surface area contributed by atoms with Gasteiger partial charge in [-0.25, -0.2) is 13.5 Å². The van der Waals surface area contributed by atoms with Crippen LogP contribution in [0.2, 0.25) is 0 Å². The lowest BCUT2D eigenvalue weighted by molar-refractivity contribution is 0.0174.